The molecule has 1 heterocycles. The first-order valence-corrected chi connectivity index (χ1v) is 9.52. The Morgan fingerprint density at radius 3 is 2.14 bits per heavy atom. The van der Waals surface area contributed by atoms with Gasteiger partial charge in [-0.25, -0.2) is 0 Å². The van der Waals surface area contributed by atoms with E-state index in [0.717, 1.165) is 11.3 Å². The molecule has 0 radical (unpaired) electrons. The zero-order chi connectivity index (χ0) is 21.0. The molecule has 0 atom stereocenters. The average Bonchev–Trinajstić information content (AvgIpc) is 3.20. The number of carbonyl (C=O) groups excluding carboxylic acids is 1. The molecule has 7 heteroatoms. The third kappa shape index (κ3) is 4.29. The van der Waals surface area contributed by atoms with Gasteiger partial charge in [0.05, 0.1) is 25.5 Å². The van der Waals surface area contributed by atoms with E-state index in [0.29, 0.717) is 47.3 Å². The fraction of sp³-hybridized carbons (Fsp3) is 0.364. The molecule has 7 nitrogen and oxygen atoms in total. The van der Waals surface area contributed by atoms with Crippen LogP contribution in [0, 0.1) is 0 Å². The molecule has 0 saturated heterocycles. The predicted molar refractivity (Wildman–Crippen MR) is 111 cm³/mol. The highest BCUT2D eigenvalue weighted by Crippen LogP contribution is 2.39. The summed E-state index contributed by atoms with van der Waals surface area (Å²) < 4.78 is 21.7. The fourth-order valence-electron chi connectivity index (χ4n) is 3.14. The number of benzene rings is 2. The Balaban J connectivity index is 2.09. The first-order valence-electron chi connectivity index (χ1n) is 9.52. The van der Waals surface area contributed by atoms with E-state index < -0.39 is 0 Å². The number of hydrogen-bond acceptors (Lipinski definition) is 6. The Bertz CT molecular complexity index is 913. The Labute approximate surface area is 170 Å². The normalized spacial score (nSPS) is 12.7. The van der Waals surface area contributed by atoms with Gasteiger partial charge in [0, 0.05) is 36.5 Å². The van der Waals surface area contributed by atoms with Crippen molar-refractivity contribution in [2.75, 3.05) is 34.1 Å². The Hall–Kier alpha value is -3.22. The Morgan fingerprint density at radius 1 is 1.00 bits per heavy atom. The van der Waals surface area contributed by atoms with E-state index in [9.17, 15) is 4.79 Å². The molecule has 0 saturated carbocycles. The summed E-state index contributed by atoms with van der Waals surface area (Å²) in [5.41, 5.74) is 2.56. The third-order valence-electron chi connectivity index (χ3n) is 4.83. The lowest BCUT2D eigenvalue weighted by Gasteiger charge is -2.20. The highest BCUT2D eigenvalue weighted by molar-refractivity contribution is 6.05. The van der Waals surface area contributed by atoms with Gasteiger partial charge in [-0.3, -0.25) is 9.79 Å². The van der Waals surface area contributed by atoms with Crippen LogP contribution in [0.5, 0.6) is 23.0 Å². The van der Waals surface area contributed by atoms with Crippen LogP contribution >= 0.6 is 0 Å². The molecule has 2 aromatic carbocycles. The summed E-state index contributed by atoms with van der Waals surface area (Å²) in [5, 5.41) is 0. The van der Waals surface area contributed by atoms with Crippen molar-refractivity contribution in [1.82, 2.24) is 4.90 Å². The highest BCUT2D eigenvalue weighted by Gasteiger charge is 2.23. The van der Waals surface area contributed by atoms with Gasteiger partial charge in [0.1, 0.15) is 11.5 Å². The molecule has 1 aliphatic heterocycles. The molecule has 0 aliphatic carbocycles. The number of rotatable bonds is 7. The quantitative estimate of drug-likeness (QED) is 0.658. The van der Waals surface area contributed by atoms with Gasteiger partial charge in [0.15, 0.2) is 11.5 Å². The lowest BCUT2D eigenvalue weighted by molar-refractivity contribution is 0.0773. The minimum Gasteiger partial charge on any atom is -0.497 e. The van der Waals surface area contributed by atoms with Crippen molar-refractivity contribution in [2.45, 2.75) is 20.8 Å². The first-order chi connectivity index (χ1) is 14.0. The van der Waals surface area contributed by atoms with E-state index >= 15 is 0 Å². The van der Waals surface area contributed by atoms with Gasteiger partial charge in [-0.05, 0) is 39.0 Å². The minimum atomic E-state index is -0.0944. The number of carbonyl (C=O) groups is 1. The van der Waals surface area contributed by atoms with Crippen molar-refractivity contribution in [3.8, 4) is 23.0 Å². The maximum Gasteiger partial charge on any atom is 0.256 e. The van der Waals surface area contributed by atoms with Gasteiger partial charge in [-0.1, -0.05) is 0 Å². The molecule has 154 valence electrons. The molecule has 0 fully saturated rings. The van der Waals surface area contributed by atoms with Gasteiger partial charge < -0.3 is 23.8 Å². The van der Waals surface area contributed by atoms with Crippen molar-refractivity contribution >= 4 is 17.3 Å². The Kier molecular flexibility index (Phi) is 6.26. The van der Waals surface area contributed by atoms with E-state index in [-0.39, 0.29) is 12.7 Å². The minimum absolute atomic E-state index is 0.0944. The predicted octanol–water partition coefficient (Wildman–Crippen LogP) is 4.06. The van der Waals surface area contributed by atoms with E-state index in [4.69, 9.17) is 23.9 Å². The zero-order valence-electron chi connectivity index (χ0n) is 17.4. The number of fused-ring (bicyclic) bond motifs is 1. The molecule has 0 N–H and O–H groups in total. The molecule has 3 rings (SSSR count). The van der Waals surface area contributed by atoms with Gasteiger partial charge in [0.25, 0.3) is 5.91 Å². The molecule has 29 heavy (non-hydrogen) atoms. The van der Waals surface area contributed by atoms with E-state index in [2.05, 4.69) is 0 Å². The summed E-state index contributed by atoms with van der Waals surface area (Å²) in [7, 11) is 3.20. The number of nitrogens with zero attached hydrogens (tertiary/aromatic N) is 2. The van der Waals surface area contributed by atoms with Gasteiger partial charge in [-0.15, -0.1) is 0 Å². The highest BCUT2D eigenvalue weighted by atomic mass is 16.7. The summed E-state index contributed by atoms with van der Waals surface area (Å²) in [4.78, 5) is 19.6. The number of methoxy groups -OCH3 is 2. The molecule has 0 unspecified atom stereocenters. The third-order valence-corrected chi connectivity index (χ3v) is 4.83. The first kappa shape index (κ1) is 20.5. The second kappa shape index (κ2) is 8.86. The zero-order valence-corrected chi connectivity index (χ0v) is 17.4. The van der Waals surface area contributed by atoms with Crippen LogP contribution in [0.2, 0.25) is 0 Å². The molecule has 0 bridgehead atoms. The topological polar surface area (TPSA) is 69.6 Å². The van der Waals surface area contributed by atoms with Crippen LogP contribution in [-0.2, 0) is 0 Å². The van der Waals surface area contributed by atoms with E-state index in [1.54, 1.807) is 37.3 Å². The fourth-order valence-corrected chi connectivity index (χ4v) is 3.14. The monoisotopic (exact) mass is 398 g/mol. The van der Waals surface area contributed by atoms with Crippen LogP contribution in [0.4, 0.5) is 5.69 Å². The largest absolute Gasteiger partial charge is 0.497 e. The molecule has 2 aromatic rings. The van der Waals surface area contributed by atoms with E-state index in [1.807, 2.05) is 32.9 Å². The average molecular weight is 398 g/mol. The number of aliphatic imine (C=N–C) groups is 1. The summed E-state index contributed by atoms with van der Waals surface area (Å²) in [6, 6.07) is 9.01. The van der Waals surface area contributed by atoms with Crippen molar-refractivity contribution in [2.24, 2.45) is 4.99 Å². The van der Waals surface area contributed by atoms with Crippen molar-refractivity contribution < 1.29 is 23.7 Å². The van der Waals surface area contributed by atoms with Crippen molar-refractivity contribution in [3.05, 3.63) is 41.5 Å². The van der Waals surface area contributed by atoms with Crippen LogP contribution in [0.1, 0.15) is 36.7 Å². The van der Waals surface area contributed by atoms with Crippen LogP contribution in [-0.4, -0.2) is 50.6 Å². The van der Waals surface area contributed by atoms with Gasteiger partial charge in [0.2, 0.25) is 6.79 Å². The van der Waals surface area contributed by atoms with Crippen LogP contribution in [0.25, 0.3) is 0 Å². The number of ether oxygens (including phenoxy) is 4. The molecule has 0 spiro atoms. The maximum absolute atomic E-state index is 13.1. The SMILES string of the molecule is CCN(CC)C(=O)c1cc2c(cc1N=C(C)c1cc(OC)cc(OC)c1)OCO2. The molecular weight excluding hydrogens is 372 g/mol. The van der Waals surface area contributed by atoms with Crippen LogP contribution < -0.4 is 18.9 Å². The number of amides is 1. The lowest BCUT2D eigenvalue weighted by Crippen LogP contribution is -2.30. The number of hydrogen-bond donors (Lipinski definition) is 0. The summed E-state index contributed by atoms with van der Waals surface area (Å²) in [5.74, 6) is 2.37. The molecule has 1 aliphatic rings. The second-order valence-electron chi connectivity index (χ2n) is 6.50. The smallest absolute Gasteiger partial charge is 0.256 e. The van der Waals surface area contributed by atoms with Crippen molar-refractivity contribution in [1.29, 1.82) is 0 Å². The van der Waals surface area contributed by atoms with Crippen LogP contribution in [0.3, 0.4) is 0 Å². The van der Waals surface area contributed by atoms with Crippen LogP contribution in [0.15, 0.2) is 35.3 Å². The van der Waals surface area contributed by atoms with Crippen molar-refractivity contribution in [3.63, 3.8) is 0 Å². The van der Waals surface area contributed by atoms with Gasteiger partial charge >= 0.3 is 0 Å². The second-order valence-corrected chi connectivity index (χ2v) is 6.50. The van der Waals surface area contributed by atoms with E-state index in [1.165, 1.54) is 0 Å². The lowest BCUT2D eigenvalue weighted by atomic mass is 10.1. The maximum atomic E-state index is 13.1. The summed E-state index contributed by atoms with van der Waals surface area (Å²) >= 11 is 0. The summed E-state index contributed by atoms with van der Waals surface area (Å²) in [6.07, 6.45) is 0. The molecule has 0 aromatic heterocycles. The molecule has 1 amide bonds. The Morgan fingerprint density at radius 2 is 1.59 bits per heavy atom. The van der Waals surface area contributed by atoms with Gasteiger partial charge in [-0.2, -0.15) is 0 Å². The standard InChI is InChI=1S/C22H26N2O5/c1-6-24(7-2)22(25)18-11-20-21(29-13-28-20)12-19(18)23-14(3)15-8-16(26-4)10-17(9-15)27-5/h8-12H,6-7,13H2,1-5H3. The molecular formula is C22H26N2O5. The summed E-state index contributed by atoms with van der Waals surface area (Å²) in [6.45, 7) is 7.13.